The van der Waals surface area contributed by atoms with Crippen LogP contribution in [0.15, 0.2) is 18.7 Å². The topological polar surface area (TPSA) is 51.8 Å². The van der Waals surface area contributed by atoms with Gasteiger partial charge in [0.05, 0.1) is 5.69 Å². The summed E-state index contributed by atoms with van der Waals surface area (Å²) >= 11 is 0. The number of rotatable bonds is 1. The molecule has 0 amide bonds. The molecule has 2 N–H and O–H groups in total. The van der Waals surface area contributed by atoms with Gasteiger partial charge >= 0.3 is 0 Å². The lowest BCUT2D eigenvalue weighted by Crippen LogP contribution is -1.92. The number of hydrogen-bond acceptors (Lipinski definition) is 3. The molecule has 3 nitrogen and oxygen atoms in total. The lowest BCUT2D eigenvalue weighted by molar-refractivity contribution is 1.03. The zero-order valence-corrected chi connectivity index (χ0v) is 4.91. The van der Waals surface area contributed by atoms with Crippen LogP contribution in [0.2, 0.25) is 0 Å². The Morgan fingerprint density at radius 2 is 2.22 bits per heavy atom. The van der Waals surface area contributed by atoms with E-state index in [1.165, 1.54) is 0 Å². The molecule has 9 heavy (non-hydrogen) atoms. The molecule has 0 fully saturated rings. The van der Waals surface area contributed by atoms with E-state index >= 15 is 0 Å². The van der Waals surface area contributed by atoms with E-state index in [4.69, 9.17) is 5.73 Å². The normalized spacial score (nSPS) is 8.89. The summed E-state index contributed by atoms with van der Waals surface area (Å²) in [5, 5.41) is 7.31. The lowest BCUT2D eigenvalue weighted by atomic mass is 10.4. The molecule has 1 heterocycles. The smallest absolute Gasteiger partial charge is 0.146 e. The summed E-state index contributed by atoms with van der Waals surface area (Å²) in [5.41, 5.74) is 6.01. The quantitative estimate of drug-likeness (QED) is 0.595. The molecule has 1 aromatic heterocycles. The van der Waals surface area contributed by atoms with E-state index in [1.807, 2.05) is 0 Å². The van der Waals surface area contributed by atoms with E-state index in [9.17, 15) is 0 Å². The number of aromatic nitrogens is 2. The second-order valence-corrected chi connectivity index (χ2v) is 1.59. The molecule has 0 aromatic carbocycles. The molecule has 0 aliphatic carbocycles. The molecule has 0 aliphatic rings. The maximum Gasteiger partial charge on any atom is 0.146 e. The molecule has 0 spiro atoms. The minimum Gasteiger partial charge on any atom is -0.382 e. The Hall–Kier alpha value is -1.38. The molecule has 1 aromatic rings. The predicted molar refractivity (Wildman–Crippen MR) is 36.5 cm³/mol. The van der Waals surface area contributed by atoms with E-state index in [2.05, 4.69) is 16.8 Å². The van der Waals surface area contributed by atoms with Gasteiger partial charge in [-0.2, -0.15) is 0 Å². The highest BCUT2D eigenvalue weighted by molar-refractivity contribution is 5.42. The molecule has 1 rings (SSSR count). The van der Waals surface area contributed by atoms with Gasteiger partial charge in [0, 0.05) is 0 Å². The molecule has 0 saturated carbocycles. The number of nitrogen functional groups attached to an aromatic ring is 1. The average Bonchev–Trinajstić information content (AvgIpc) is 1.90. The van der Waals surface area contributed by atoms with Crippen molar-refractivity contribution < 1.29 is 0 Å². The van der Waals surface area contributed by atoms with Crippen LogP contribution in [0.5, 0.6) is 0 Å². The van der Waals surface area contributed by atoms with Gasteiger partial charge < -0.3 is 5.73 Å². The summed E-state index contributed by atoms with van der Waals surface area (Å²) in [7, 11) is 0. The fourth-order valence-corrected chi connectivity index (χ4v) is 0.462. The Balaban J connectivity index is 3.01. The van der Waals surface area contributed by atoms with Crippen LogP contribution in [-0.4, -0.2) is 10.2 Å². The van der Waals surface area contributed by atoms with Crippen molar-refractivity contribution in [2.45, 2.75) is 0 Å². The molecule has 0 radical (unpaired) electrons. The lowest BCUT2D eigenvalue weighted by Gasteiger charge is -1.89. The van der Waals surface area contributed by atoms with Crippen molar-refractivity contribution in [3.05, 3.63) is 24.4 Å². The third kappa shape index (κ3) is 1.25. The van der Waals surface area contributed by atoms with Crippen molar-refractivity contribution in [2.75, 3.05) is 5.73 Å². The molecule has 0 atom stereocenters. The zero-order valence-electron chi connectivity index (χ0n) is 4.91. The highest BCUT2D eigenvalue weighted by Crippen LogP contribution is 1.96. The highest BCUT2D eigenvalue weighted by Gasteiger charge is 1.85. The van der Waals surface area contributed by atoms with E-state index in [0.717, 1.165) is 5.69 Å². The molecule has 0 bridgehead atoms. The molecular formula is C6H7N3. The minimum atomic E-state index is 0.431. The third-order valence-electron chi connectivity index (χ3n) is 0.915. The Labute approximate surface area is 53.2 Å². The van der Waals surface area contributed by atoms with Crippen LogP contribution in [-0.2, 0) is 0 Å². The fraction of sp³-hybridized carbons (Fsp3) is 0. The van der Waals surface area contributed by atoms with Crippen LogP contribution in [0.4, 0.5) is 5.82 Å². The van der Waals surface area contributed by atoms with Crippen LogP contribution < -0.4 is 5.73 Å². The first-order valence-electron chi connectivity index (χ1n) is 2.54. The van der Waals surface area contributed by atoms with Crippen molar-refractivity contribution in [2.24, 2.45) is 0 Å². The van der Waals surface area contributed by atoms with Gasteiger partial charge in [0.1, 0.15) is 5.82 Å². The third-order valence-corrected chi connectivity index (χ3v) is 0.915. The van der Waals surface area contributed by atoms with E-state index in [0.29, 0.717) is 5.82 Å². The zero-order chi connectivity index (χ0) is 6.69. The van der Waals surface area contributed by atoms with Crippen LogP contribution >= 0.6 is 0 Å². The van der Waals surface area contributed by atoms with Gasteiger partial charge in [0.2, 0.25) is 0 Å². The first-order valence-corrected chi connectivity index (χ1v) is 2.54. The minimum absolute atomic E-state index is 0.431. The van der Waals surface area contributed by atoms with Crippen LogP contribution in [0.25, 0.3) is 6.08 Å². The Bertz CT molecular complexity index is 202. The first-order chi connectivity index (χ1) is 4.33. The van der Waals surface area contributed by atoms with Crippen molar-refractivity contribution in [1.29, 1.82) is 0 Å². The van der Waals surface area contributed by atoms with Gasteiger partial charge in [0.15, 0.2) is 0 Å². The fourth-order valence-electron chi connectivity index (χ4n) is 0.462. The standard InChI is InChI=1S/C6H7N3/c1-2-5-3-4-6(7)9-8-5/h2-4H,1H2,(H2,7,9). The maximum atomic E-state index is 5.27. The van der Waals surface area contributed by atoms with Gasteiger partial charge in [-0.25, -0.2) is 0 Å². The van der Waals surface area contributed by atoms with Gasteiger partial charge in [-0.3, -0.25) is 0 Å². The Morgan fingerprint density at radius 1 is 1.44 bits per heavy atom. The number of nitrogens with zero attached hydrogens (tertiary/aromatic N) is 2. The summed E-state index contributed by atoms with van der Waals surface area (Å²) < 4.78 is 0. The molecule has 0 unspecified atom stereocenters. The SMILES string of the molecule is C=Cc1ccc(N)nn1. The highest BCUT2D eigenvalue weighted by atomic mass is 15.1. The van der Waals surface area contributed by atoms with Crippen molar-refractivity contribution >= 4 is 11.9 Å². The van der Waals surface area contributed by atoms with E-state index in [-0.39, 0.29) is 0 Å². The predicted octanol–water partition coefficient (Wildman–Crippen LogP) is 0.702. The molecule has 46 valence electrons. The molecule has 0 saturated heterocycles. The Kier molecular flexibility index (Phi) is 1.44. The van der Waals surface area contributed by atoms with Crippen molar-refractivity contribution in [1.82, 2.24) is 10.2 Å². The summed E-state index contributed by atoms with van der Waals surface area (Å²) in [5.74, 6) is 0.431. The average molecular weight is 121 g/mol. The van der Waals surface area contributed by atoms with Crippen LogP contribution in [0, 0.1) is 0 Å². The second-order valence-electron chi connectivity index (χ2n) is 1.59. The first kappa shape index (κ1) is 5.75. The Morgan fingerprint density at radius 3 is 2.67 bits per heavy atom. The summed E-state index contributed by atoms with van der Waals surface area (Å²) in [6, 6.07) is 3.44. The van der Waals surface area contributed by atoms with Gasteiger partial charge in [-0.15, -0.1) is 10.2 Å². The number of nitrogens with two attached hydrogens (primary N) is 1. The number of hydrogen-bond donors (Lipinski definition) is 1. The van der Waals surface area contributed by atoms with Gasteiger partial charge in [0.25, 0.3) is 0 Å². The summed E-state index contributed by atoms with van der Waals surface area (Å²) in [6.45, 7) is 3.52. The maximum absolute atomic E-state index is 5.27. The molecule has 3 heteroatoms. The summed E-state index contributed by atoms with van der Waals surface area (Å²) in [4.78, 5) is 0. The largest absolute Gasteiger partial charge is 0.382 e. The number of anilines is 1. The monoisotopic (exact) mass is 121 g/mol. The van der Waals surface area contributed by atoms with Gasteiger partial charge in [-0.05, 0) is 18.2 Å². The van der Waals surface area contributed by atoms with Crippen molar-refractivity contribution in [3.63, 3.8) is 0 Å². The molecular weight excluding hydrogens is 114 g/mol. The van der Waals surface area contributed by atoms with Crippen molar-refractivity contribution in [3.8, 4) is 0 Å². The van der Waals surface area contributed by atoms with Crippen LogP contribution in [0.1, 0.15) is 5.69 Å². The van der Waals surface area contributed by atoms with Gasteiger partial charge in [-0.1, -0.05) is 6.58 Å². The summed E-state index contributed by atoms with van der Waals surface area (Å²) in [6.07, 6.45) is 1.62. The molecule has 0 aliphatic heterocycles. The van der Waals surface area contributed by atoms with E-state index < -0.39 is 0 Å². The second kappa shape index (κ2) is 2.26. The van der Waals surface area contributed by atoms with E-state index in [1.54, 1.807) is 18.2 Å². The van der Waals surface area contributed by atoms with Crippen LogP contribution in [0.3, 0.4) is 0 Å².